The van der Waals surface area contributed by atoms with Crippen LogP contribution < -0.4 is 0 Å². The predicted octanol–water partition coefficient (Wildman–Crippen LogP) is 0.822. The fraction of sp³-hybridized carbons (Fsp3) is 0.909. The van der Waals surface area contributed by atoms with Gasteiger partial charge in [-0.05, 0) is 33.1 Å². The Morgan fingerprint density at radius 2 is 2.06 bits per heavy atom. The molecule has 2 aliphatic rings. The SMILES string of the molecule is CC1(C)CCCN1C(=O)[C@@H]1CCS(=O)(=O)C1. The van der Waals surface area contributed by atoms with Crippen molar-refractivity contribution in [3.8, 4) is 0 Å². The summed E-state index contributed by atoms with van der Waals surface area (Å²) in [5.74, 6) is -0.0123. The van der Waals surface area contributed by atoms with Crippen molar-refractivity contribution in [2.24, 2.45) is 5.92 Å². The lowest BCUT2D eigenvalue weighted by Gasteiger charge is -2.33. The highest BCUT2D eigenvalue weighted by Gasteiger charge is 2.41. The van der Waals surface area contributed by atoms with Crippen LogP contribution in [0.1, 0.15) is 33.1 Å². The van der Waals surface area contributed by atoms with Gasteiger partial charge in [0.15, 0.2) is 9.84 Å². The number of carbonyl (C=O) groups excluding carboxylic acids is 1. The minimum Gasteiger partial charge on any atom is -0.337 e. The number of carbonyl (C=O) groups is 1. The average molecular weight is 245 g/mol. The highest BCUT2D eigenvalue weighted by atomic mass is 32.2. The number of likely N-dealkylation sites (tertiary alicyclic amines) is 1. The number of nitrogens with zero attached hydrogens (tertiary/aromatic N) is 1. The molecule has 0 N–H and O–H groups in total. The molecule has 2 fully saturated rings. The number of amides is 1. The summed E-state index contributed by atoms with van der Waals surface area (Å²) >= 11 is 0. The van der Waals surface area contributed by atoms with Crippen LogP contribution in [-0.4, -0.2) is 42.8 Å². The quantitative estimate of drug-likeness (QED) is 0.687. The van der Waals surface area contributed by atoms with E-state index in [0.717, 1.165) is 19.4 Å². The maximum absolute atomic E-state index is 12.2. The lowest BCUT2D eigenvalue weighted by Crippen LogP contribution is -2.45. The average Bonchev–Trinajstić information content (AvgIpc) is 2.67. The van der Waals surface area contributed by atoms with E-state index in [1.54, 1.807) is 0 Å². The van der Waals surface area contributed by atoms with Gasteiger partial charge >= 0.3 is 0 Å². The summed E-state index contributed by atoms with van der Waals surface area (Å²) in [6, 6.07) is 0. The lowest BCUT2D eigenvalue weighted by atomic mass is 9.99. The fourth-order valence-electron chi connectivity index (χ4n) is 2.73. The summed E-state index contributed by atoms with van der Waals surface area (Å²) in [6.07, 6.45) is 2.55. The molecule has 16 heavy (non-hydrogen) atoms. The molecule has 1 atom stereocenters. The Labute approximate surface area is 96.9 Å². The van der Waals surface area contributed by atoms with Gasteiger partial charge in [0.1, 0.15) is 0 Å². The van der Waals surface area contributed by atoms with Crippen LogP contribution in [0.4, 0.5) is 0 Å². The van der Waals surface area contributed by atoms with E-state index >= 15 is 0 Å². The van der Waals surface area contributed by atoms with Crippen LogP contribution in [0, 0.1) is 5.92 Å². The van der Waals surface area contributed by atoms with Gasteiger partial charge in [-0.25, -0.2) is 8.42 Å². The molecule has 0 aromatic rings. The molecule has 2 rings (SSSR count). The third-order valence-electron chi connectivity index (χ3n) is 3.75. The van der Waals surface area contributed by atoms with Crippen LogP contribution in [0.15, 0.2) is 0 Å². The first-order valence-electron chi connectivity index (χ1n) is 5.84. The van der Waals surface area contributed by atoms with Gasteiger partial charge in [-0.1, -0.05) is 0 Å². The fourth-order valence-corrected chi connectivity index (χ4v) is 4.46. The highest BCUT2D eigenvalue weighted by Crippen LogP contribution is 2.32. The Balaban J connectivity index is 2.09. The number of sulfone groups is 1. The summed E-state index contributed by atoms with van der Waals surface area (Å²) in [5, 5.41) is 0. The molecule has 92 valence electrons. The van der Waals surface area contributed by atoms with Crippen molar-refractivity contribution < 1.29 is 13.2 Å². The smallest absolute Gasteiger partial charge is 0.227 e. The molecule has 2 heterocycles. The first-order chi connectivity index (χ1) is 7.32. The van der Waals surface area contributed by atoms with Crippen LogP contribution in [0.2, 0.25) is 0 Å². The van der Waals surface area contributed by atoms with Crippen molar-refractivity contribution in [3.63, 3.8) is 0 Å². The molecule has 5 heteroatoms. The summed E-state index contributed by atoms with van der Waals surface area (Å²) < 4.78 is 22.7. The molecule has 4 nitrogen and oxygen atoms in total. The summed E-state index contributed by atoms with van der Waals surface area (Å²) in [4.78, 5) is 14.1. The van der Waals surface area contributed by atoms with E-state index in [9.17, 15) is 13.2 Å². The minimum absolute atomic E-state index is 0.0450. The van der Waals surface area contributed by atoms with Crippen molar-refractivity contribution in [1.82, 2.24) is 4.90 Å². The van der Waals surface area contributed by atoms with E-state index < -0.39 is 9.84 Å². The van der Waals surface area contributed by atoms with Crippen LogP contribution in [0.3, 0.4) is 0 Å². The zero-order chi connectivity index (χ0) is 12.0. The van der Waals surface area contributed by atoms with Crippen LogP contribution in [0.5, 0.6) is 0 Å². The van der Waals surface area contributed by atoms with Crippen molar-refractivity contribution in [3.05, 3.63) is 0 Å². The maximum atomic E-state index is 12.2. The first kappa shape index (κ1) is 11.9. The van der Waals surface area contributed by atoms with Crippen molar-refractivity contribution in [2.45, 2.75) is 38.6 Å². The molecule has 1 amide bonds. The van der Waals surface area contributed by atoms with E-state index in [1.807, 2.05) is 4.90 Å². The van der Waals surface area contributed by atoms with Crippen molar-refractivity contribution in [2.75, 3.05) is 18.1 Å². The van der Waals surface area contributed by atoms with Gasteiger partial charge in [0.2, 0.25) is 5.91 Å². The Morgan fingerprint density at radius 3 is 2.50 bits per heavy atom. The van der Waals surface area contributed by atoms with Gasteiger partial charge in [0.05, 0.1) is 17.4 Å². The number of rotatable bonds is 1. The number of hydrogen-bond acceptors (Lipinski definition) is 3. The maximum Gasteiger partial charge on any atom is 0.227 e. The summed E-state index contributed by atoms with van der Waals surface area (Å²) in [6.45, 7) is 4.89. The molecule has 0 saturated carbocycles. The monoisotopic (exact) mass is 245 g/mol. The standard InChI is InChI=1S/C11H19NO3S/c1-11(2)5-3-6-12(11)10(13)9-4-7-16(14,15)8-9/h9H,3-8H2,1-2H3/t9-/m1/s1. The first-order valence-corrected chi connectivity index (χ1v) is 7.66. The zero-order valence-corrected chi connectivity index (χ0v) is 10.7. The van der Waals surface area contributed by atoms with E-state index in [-0.39, 0.29) is 28.9 Å². The van der Waals surface area contributed by atoms with E-state index in [1.165, 1.54) is 0 Å². The minimum atomic E-state index is -2.95. The van der Waals surface area contributed by atoms with Crippen LogP contribution in [-0.2, 0) is 14.6 Å². The highest BCUT2D eigenvalue weighted by molar-refractivity contribution is 7.91. The Morgan fingerprint density at radius 1 is 1.38 bits per heavy atom. The van der Waals surface area contributed by atoms with Gasteiger partial charge in [-0.15, -0.1) is 0 Å². The molecule has 0 aromatic heterocycles. The summed E-state index contributed by atoms with van der Waals surface area (Å²) in [5.41, 5.74) is -0.0938. The van der Waals surface area contributed by atoms with Crippen molar-refractivity contribution >= 4 is 15.7 Å². The molecule has 0 bridgehead atoms. The molecular formula is C11H19NO3S. The van der Waals surface area contributed by atoms with Crippen molar-refractivity contribution in [1.29, 1.82) is 0 Å². The molecular weight excluding hydrogens is 226 g/mol. The lowest BCUT2D eigenvalue weighted by molar-refractivity contribution is -0.137. The van der Waals surface area contributed by atoms with Crippen LogP contribution in [0.25, 0.3) is 0 Å². The second kappa shape index (κ2) is 3.72. The zero-order valence-electron chi connectivity index (χ0n) is 9.90. The summed E-state index contributed by atoms with van der Waals surface area (Å²) in [7, 11) is -2.95. The second-order valence-corrected chi connectivity index (χ2v) is 7.73. The molecule has 2 saturated heterocycles. The Kier molecular flexibility index (Phi) is 2.77. The third kappa shape index (κ3) is 2.10. The molecule has 0 unspecified atom stereocenters. The molecule has 0 aliphatic carbocycles. The van der Waals surface area contributed by atoms with Crippen LogP contribution >= 0.6 is 0 Å². The van der Waals surface area contributed by atoms with Gasteiger partial charge in [-0.3, -0.25) is 4.79 Å². The van der Waals surface area contributed by atoms with Gasteiger partial charge < -0.3 is 4.90 Å². The second-order valence-electron chi connectivity index (χ2n) is 5.51. The Hall–Kier alpha value is -0.580. The van der Waals surface area contributed by atoms with E-state index in [0.29, 0.717) is 6.42 Å². The normalized spacial score (nSPS) is 31.9. The number of hydrogen-bond donors (Lipinski definition) is 0. The third-order valence-corrected chi connectivity index (χ3v) is 5.52. The Bertz CT molecular complexity index is 399. The predicted molar refractivity (Wildman–Crippen MR) is 61.8 cm³/mol. The van der Waals surface area contributed by atoms with Gasteiger partial charge in [0.25, 0.3) is 0 Å². The largest absolute Gasteiger partial charge is 0.337 e. The van der Waals surface area contributed by atoms with Gasteiger partial charge in [-0.2, -0.15) is 0 Å². The van der Waals surface area contributed by atoms with E-state index in [2.05, 4.69) is 13.8 Å². The topological polar surface area (TPSA) is 54.5 Å². The molecule has 0 aromatic carbocycles. The molecule has 2 aliphatic heterocycles. The molecule has 0 radical (unpaired) electrons. The molecule has 0 spiro atoms. The van der Waals surface area contributed by atoms with E-state index in [4.69, 9.17) is 0 Å². The van der Waals surface area contributed by atoms with Gasteiger partial charge in [0, 0.05) is 12.1 Å².